The number of aliphatic hydroxyl groups excluding tert-OH is 2. The Morgan fingerprint density at radius 2 is 2.12 bits per heavy atom. The van der Waals surface area contributed by atoms with Crippen LogP contribution in [-0.2, 0) is 4.74 Å². The second-order valence-corrected chi connectivity index (χ2v) is 2.10. The molecule has 3 heteroatoms. The molecule has 1 fully saturated rings. The van der Waals surface area contributed by atoms with Gasteiger partial charge in [0.2, 0.25) is 0 Å². The topological polar surface area (TPSA) is 49.7 Å². The Labute approximate surface area is 47.9 Å². The standard InChI is InChI=1S/C5H10O3/c1-3-4(6)2-5(7)8-3/h3-7H,2H2,1H3/t3-,4+,5+/m1/s1. The van der Waals surface area contributed by atoms with Crippen LogP contribution in [0.25, 0.3) is 0 Å². The van der Waals surface area contributed by atoms with E-state index < -0.39 is 12.4 Å². The van der Waals surface area contributed by atoms with E-state index in [1.54, 1.807) is 6.92 Å². The van der Waals surface area contributed by atoms with E-state index in [0.717, 1.165) is 0 Å². The lowest BCUT2D eigenvalue weighted by atomic mass is 10.2. The van der Waals surface area contributed by atoms with Crippen molar-refractivity contribution in [2.75, 3.05) is 0 Å². The Morgan fingerprint density at radius 1 is 1.50 bits per heavy atom. The summed E-state index contributed by atoms with van der Waals surface area (Å²) < 4.78 is 4.78. The van der Waals surface area contributed by atoms with Crippen LogP contribution in [0.3, 0.4) is 0 Å². The number of rotatable bonds is 0. The highest BCUT2D eigenvalue weighted by Gasteiger charge is 2.28. The molecule has 0 aliphatic carbocycles. The Hall–Kier alpha value is -0.120. The van der Waals surface area contributed by atoms with Crippen LogP contribution in [0.2, 0.25) is 0 Å². The molecule has 0 radical (unpaired) electrons. The highest BCUT2D eigenvalue weighted by atomic mass is 16.6. The third kappa shape index (κ3) is 0.992. The summed E-state index contributed by atoms with van der Waals surface area (Å²) in [6.07, 6.45) is -1.09. The van der Waals surface area contributed by atoms with Gasteiger partial charge in [0.25, 0.3) is 0 Å². The van der Waals surface area contributed by atoms with Gasteiger partial charge < -0.3 is 14.9 Å². The summed E-state index contributed by atoms with van der Waals surface area (Å²) in [6, 6.07) is 0. The quantitative estimate of drug-likeness (QED) is 0.449. The van der Waals surface area contributed by atoms with Gasteiger partial charge in [-0.1, -0.05) is 0 Å². The SMILES string of the molecule is C[C@H]1O[C@H](O)C[C@@H]1O. The molecule has 0 aromatic carbocycles. The van der Waals surface area contributed by atoms with Crippen LogP contribution in [0.4, 0.5) is 0 Å². The third-order valence-electron chi connectivity index (χ3n) is 1.36. The van der Waals surface area contributed by atoms with Crippen LogP contribution in [0, 0.1) is 0 Å². The van der Waals surface area contributed by atoms with Crippen LogP contribution in [0.15, 0.2) is 0 Å². The van der Waals surface area contributed by atoms with Crippen molar-refractivity contribution in [2.24, 2.45) is 0 Å². The first kappa shape index (κ1) is 6.01. The fourth-order valence-electron chi connectivity index (χ4n) is 0.792. The van der Waals surface area contributed by atoms with Crippen LogP contribution in [-0.4, -0.2) is 28.7 Å². The van der Waals surface area contributed by atoms with Gasteiger partial charge in [-0.3, -0.25) is 0 Å². The van der Waals surface area contributed by atoms with Crippen molar-refractivity contribution in [3.63, 3.8) is 0 Å². The van der Waals surface area contributed by atoms with E-state index in [9.17, 15) is 0 Å². The van der Waals surface area contributed by atoms with Crippen LogP contribution < -0.4 is 0 Å². The summed E-state index contributed by atoms with van der Waals surface area (Å²) in [7, 11) is 0. The molecule has 0 bridgehead atoms. The molecule has 2 N–H and O–H groups in total. The lowest BCUT2D eigenvalue weighted by molar-refractivity contribution is -0.0889. The predicted octanol–water partition coefficient (Wildman–Crippen LogP) is -0.526. The van der Waals surface area contributed by atoms with Crippen molar-refractivity contribution in [1.29, 1.82) is 0 Å². The fourth-order valence-corrected chi connectivity index (χ4v) is 0.792. The Balaban J connectivity index is 2.39. The van der Waals surface area contributed by atoms with Gasteiger partial charge in [-0.2, -0.15) is 0 Å². The second-order valence-electron chi connectivity index (χ2n) is 2.10. The van der Waals surface area contributed by atoms with E-state index >= 15 is 0 Å². The summed E-state index contributed by atoms with van der Waals surface area (Å²) in [5.74, 6) is 0. The molecule has 1 heterocycles. The molecule has 0 amide bonds. The van der Waals surface area contributed by atoms with Crippen LogP contribution in [0.1, 0.15) is 13.3 Å². The van der Waals surface area contributed by atoms with Crippen molar-refractivity contribution >= 4 is 0 Å². The minimum atomic E-state index is -0.750. The minimum absolute atomic E-state index is 0.204. The first-order valence-corrected chi connectivity index (χ1v) is 2.71. The minimum Gasteiger partial charge on any atom is -0.390 e. The smallest absolute Gasteiger partial charge is 0.157 e. The van der Waals surface area contributed by atoms with Gasteiger partial charge in [0.15, 0.2) is 6.29 Å². The molecule has 1 rings (SSSR count). The first-order chi connectivity index (χ1) is 3.70. The Kier molecular flexibility index (Phi) is 1.51. The normalized spacial score (nSPS) is 47.6. The maximum Gasteiger partial charge on any atom is 0.157 e. The van der Waals surface area contributed by atoms with Gasteiger partial charge in [-0.25, -0.2) is 0 Å². The Morgan fingerprint density at radius 3 is 2.25 bits per heavy atom. The summed E-state index contributed by atoms with van der Waals surface area (Å²) in [6.45, 7) is 1.74. The first-order valence-electron chi connectivity index (χ1n) is 2.71. The lowest BCUT2D eigenvalue weighted by Gasteiger charge is -2.03. The van der Waals surface area contributed by atoms with Crippen molar-refractivity contribution < 1.29 is 14.9 Å². The molecule has 3 atom stereocenters. The van der Waals surface area contributed by atoms with Crippen molar-refractivity contribution in [3.8, 4) is 0 Å². The van der Waals surface area contributed by atoms with Crippen molar-refractivity contribution in [2.45, 2.75) is 31.8 Å². The van der Waals surface area contributed by atoms with E-state index in [4.69, 9.17) is 14.9 Å². The largest absolute Gasteiger partial charge is 0.390 e. The molecule has 0 aromatic rings. The summed E-state index contributed by atoms with van der Waals surface area (Å²) in [4.78, 5) is 0. The fraction of sp³-hybridized carbons (Fsp3) is 1.00. The molecule has 3 nitrogen and oxygen atoms in total. The van der Waals surface area contributed by atoms with Gasteiger partial charge in [0.1, 0.15) is 0 Å². The van der Waals surface area contributed by atoms with E-state index in [2.05, 4.69) is 0 Å². The zero-order chi connectivity index (χ0) is 6.15. The van der Waals surface area contributed by atoms with Gasteiger partial charge in [0.05, 0.1) is 12.2 Å². The highest BCUT2D eigenvalue weighted by molar-refractivity contribution is 4.72. The van der Waals surface area contributed by atoms with Gasteiger partial charge in [0, 0.05) is 6.42 Å². The van der Waals surface area contributed by atoms with E-state index in [-0.39, 0.29) is 6.10 Å². The predicted molar refractivity (Wildman–Crippen MR) is 27.2 cm³/mol. The summed E-state index contributed by atoms with van der Waals surface area (Å²) in [5, 5.41) is 17.6. The van der Waals surface area contributed by atoms with Crippen LogP contribution >= 0.6 is 0 Å². The van der Waals surface area contributed by atoms with Gasteiger partial charge >= 0.3 is 0 Å². The molecule has 8 heavy (non-hydrogen) atoms. The Bertz CT molecular complexity index is 73.7. The number of hydrogen-bond acceptors (Lipinski definition) is 3. The van der Waals surface area contributed by atoms with Crippen molar-refractivity contribution in [3.05, 3.63) is 0 Å². The monoisotopic (exact) mass is 118 g/mol. The maximum atomic E-state index is 8.88. The molecular weight excluding hydrogens is 108 g/mol. The number of aliphatic hydroxyl groups is 2. The highest BCUT2D eigenvalue weighted by Crippen LogP contribution is 2.16. The second kappa shape index (κ2) is 2.01. The third-order valence-corrected chi connectivity index (χ3v) is 1.36. The van der Waals surface area contributed by atoms with Gasteiger partial charge in [-0.15, -0.1) is 0 Å². The maximum absolute atomic E-state index is 8.88. The molecule has 0 saturated carbocycles. The summed E-state index contributed by atoms with van der Waals surface area (Å²) >= 11 is 0. The van der Waals surface area contributed by atoms with Crippen LogP contribution in [0.5, 0.6) is 0 Å². The molecule has 0 spiro atoms. The van der Waals surface area contributed by atoms with E-state index in [1.165, 1.54) is 0 Å². The molecule has 48 valence electrons. The average Bonchev–Trinajstić information content (AvgIpc) is 1.85. The van der Waals surface area contributed by atoms with Crippen molar-refractivity contribution in [1.82, 2.24) is 0 Å². The molecule has 1 saturated heterocycles. The summed E-state index contributed by atoms with van der Waals surface area (Å²) in [5.41, 5.74) is 0. The zero-order valence-electron chi connectivity index (χ0n) is 4.74. The zero-order valence-corrected chi connectivity index (χ0v) is 4.74. The van der Waals surface area contributed by atoms with E-state index in [0.29, 0.717) is 6.42 Å². The average molecular weight is 118 g/mol. The molecule has 1 aliphatic rings. The lowest BCUT2D eigenvalue weighted by Crippen LogP contribution is -2.15. The molecular formula is C5H10O3. The van der Waals surface area contributed by atoms with Gasteiger partial charge in [-0.05, 0) is 6.92 Å². The molecule has 0 aromatic heterocycles. The number of ether oxygens (including phenoxy) is 1. The van der Waals surface area contributed by atoms with E-state index in [1.807, 2.05) is 0 Å². The molecule has 0 unspecified atom stereocenters. The molecule has 1 aliphatic heterocycles. The number of hydrogen-bond donors (Lipinski definition) is 2.